The van der Waals surface area contributed by atoms with Crippen LogP contribution in [0.25, 0.3) is 5.57 Å². The highest BCUT2D eigenvalue weighted by Crippen LogP contribution is 2.41. The molecule has 2 aromatic rings. The van der Waals surface area contributed by atoms with Crippen molar-refractivity contribution in [1.29, 1.82) is 0 Å². The number of hydrogen-bond acceptors (Lipinski definition) is 3. The number of benzene rings is 2. The minimum atomic E-state index is -1.12. The molecule has 1 aliphatic rings. The van der Waals surface area contributed by atoms with Gasteiger partial charge in [-0.15, -0.1) is 0 Å². The minimum absolute atomic E-state index is 0.191. The predicted octanol–water partition coefficient (Wildman–Crippen LogP) is 6.02. The molecule has 0 radical (unpaired) electrons. The van der Waals surface area contributed by atoms with E-state index in [0.29, 0.717) is 41.1 Å². The second kappa shape index (κ2) is 8.03. The van der Waals surface area contributed by atoms with Gasteiger partial charge in [0.2, 0.25) is 0 Å². The van der Waals surface area contributed by atoms with Crippen LogP contribution in [-0.4, -0.2) is 11.7 Å². The second-order valence-electron chi connectivity index (χ2n) is 6.60. The molecule has 0 aromatic heterocycles. The molecular formula is C22H19F4NO2. The molecule has 0 atom stereocenters. The number of aliphatic hydroxyl groups excluding tert-OH is 1. The Balaban J connectivity index is 1.96. The van der Waals surface area contributed by atoms with Gasteiger partial charge in [0.05, 0.1) is 11.3 Å². The molecule has 1 heterocycles. The molecule has 3 nitrogen and oxygen atoms in total. The number of hydrogen-bond donors (Lipinski definition) is 1. The van der Waals surface area contributed by atoms with Gasteiger partial charge in [-0.25, -0.2) is 17.6 Å². The van der Waals surface area contributed by atoms with E-state index in [2.05, 4.69) is 13.2 Å². The summed E-state index contributed by atoms with van der Waals surface area (Å²) >= 11 is 0. The average molecular weight is 405 g/mol. The molecule has 7 heteroatoms. The molecule has 2 aromatic carbocycles. The van der Waals surface area contributed by atoms with Gasteiger partial charge in [-0.05, 0) is 18.1 Å². The lowest BCUT2D eigenvalue weighted by Gasteiger charge is -2.30. The number of rotatable bonds is 6. The first-order chi connectivity index (χ1) is 13.7. The third kappa shape index (κ3) is 3.99. The van der Waals surface area contributed by atoms with E-state index in [1.165, 1.54) is 12.1 Å². The van der Waals surface area contributed by atoms with Crippen LogP contribution in [0.2, 0.25) is 0 Å². The van der Waals surface area contributed by atoms with Crippen LogP contribution < -0.4 is 9.64 Å². The third-order valence-corrected chi connectivity index (χ3v) is 4.55. The average Bonchev–Trinajstić information content (AvgIpc) is 2.63. The standard InChI is InChI=1S/C22H19F4NO2/c1-4-5-27-10-16(13(3)28)12(2)15-8-22(20(26)9-21(15)27)29-11-17-18(24)6-14(23)7-19(17)25/h6-10,28H,2-5,11H2,1H3. The first-order valence-corrected chi connectivity index (χ1v) is 8.89. The van der Waals surface area contributed by atoms with Gasteiger partial charge in [-0.1, -0.05) is 20.1 Å². The molecule has 1 aliphatic heterocycles. The smallest absolute Gasteiger partial charge is 0.167 e. The fraction of sp³-hybridized carbons (Fsp3) is 0.182. The Bertz CT molecular complexity index is 1010. The second-order valence-corrected chi connectivity index (χ2v) is 6.60. The monoisotopic (exact) mass is 405 g/mol. The highest BCUT2D eigenvalue weighted by molar-refractivity contribution is 5.91. The van der Waals surface area contributed by atoms with E-state index >= 15 is 0 Å². The van der Waals surface area contributed by atoms with E-state index in [-0.39, 0.29) is 11.5 Å². The van der Waals surface area contributed by atoms with Gasteiger partial charge >= 0.3 is 0 Å². The van der Waals surface area contributed by atoms with Crippen molar-refractivity contribution in [2.24, 2.45) is 0 Å². The molecule has 3 rings (SSSR count). The SMILES string of the molecule is C=C(O)C1=CN(CCC)c2cc(F)c(OCc3c(F)cc(F)cc3F)cc2C1=C. The highest BCUT2D eigenvalue weighted by atomic mass is 19.1. The van der Waals surface area contributed by atoms with Crippen molar-refractivity contribution in [2.45, 2.75) is 20.0 Å². The van der Waals surface area contributed by atoms with Crippen LogP contribution in [0.3, 0.4) is 0 Å². The minimum Gasteiger partial charge on any atom is -0.508 e. The first-order valence-electron chi connectivity index (χ1n) is 8.89. The van der Waals surface area contributed by atoms with Gasteiger partial charge in [0, 0.05) is 42.1 Å². The lowest BCUT2D eigenvalue weighted by atomic mass is 9.93. The van der Waals surface area contributed by atoms with E-state index in [9.17, 15) is 22.7 Å². The van der Waals surface area contributed by atoms with E-state index in [0.717, 1.165) is 6.42 Å². The van der Waals surface area contributed by atoms with Crippen molar-refractivity contribution >= 4 is 11.3 Å². The number of aliphatic hydroxyl groups is 1. The molecule has 0 amide bonds. The van der Waals surface area contributed by atoms with E-state index in [1.54, 1.807) is 11.1 Å². The lowest BCUT2D eigenvalue weighted by molar-refractivity contribution is 0.277. The number of nitrogens with zero attached hydrogens (tertiary/aromatic N) is 1. The lowest BCUT2D eigenvalue weighted by Crippen LogP contribution is -2.23. The fourth-order valence-corrected chi connectivity index (χ4v) is 3.12. The van der Waals surface area contributed by atoms with E-state index in [1.807, 2.05) is 6.92 Å². The molecule has 0 fully saturated rings. The topological polar surface area (TPSA) is 32.7 Å². The van der Waals surface area contributed by atoms with Crippen molar-refractivity contribution in [3.05, 3.63) is 89.4 Å². The van der Waals surface area contributed by atoms with Crippen LogP contribution in [0, 0.1) is 23.3 Å². The summed E-state index contributed by atoms with van der Waals surface area (Å²) in [5.41, 5.74) is 1.29. The van der Waals surface area contributed by atoms with Crippen LogP contribution in [0.5, 0.6) is 5.75 Å². The van der Waals surface area contributed by atoms with Crippen molar-refractivity contribution < 1.29 is 27.4 Å². The Morgan fingerprint density at radius 2 is 1.72 bits per heavy atom. The molecule has 0 saturated heterocycles. The van der Waals surface area contributed by atoms with E-state index < -0.39 is 35.4 Å². The van der Waals surface area contributed by atoms with Gasteiger partial charge < -0.3 is 14.7 Å². The van der Waals surface area contributed by atoms with Gasteiger partial charge in [0.25, 0.3) is 0 Å². The summed E-state index contributed by atoms with van der Waals surface area (Å²) in [7, 11) is 0. The molecule has 152 valence electrons. The Hall–Kier alpha value is -3.22. The Labute approximate surface area is 165 Å². The zero-order chi connectivity index (χ0) is 21.3. The van der Waals surface area contributed by atoms with Crippen molar-refractivity contribution in [2.75, 3.05) is 11.4 Å². The molecule has 0 aliphatic carbocycles. The number of halogens is 4. The van der Waals surface area contributed by atoms with E-state index in [4.69, 9.17) is 4.74 Å². The summed E-state index contributed by atoms with van der Waals surface area (Å²) in [6.45, 7) is 9.32. The molecule has 29 heavy (non-hydrogen) atoms. The predicted molar refractivity (Wildman–Crippen MR) is 104 cm³/mol. The molecule has 0 saturated carbocycles. The maximum Gasteiger partial charge on any atom is 0.167 e. The molecule has 0 unspecified atom stereocenters. The van der Waals surface area contributed by atoms with Crippen molar-refractivity contribution in [3.63, 3.8) is 0 Å². The molecule has 1 N–H and O–H groups in total. The zero-order valence-corrected chi connectivity index (χ0v) is 15.7. The largest absolute Gasteiger partial charge is 0.508 e. The van der Waals surface area contributed by atoms with Crippen molar-refractivity contribution in [3.8, 4) is 5.75 Å². The molecule has 0 spiro atoms. The van der Waals surface area contributed by atoms with Crippen LogP contribution in [0.4, 0.5) is 23.2 Å². The highest BCUT2D eigenvalue weighted by Gasteiger charge is 2.25. The van der Waals surface area contributed by atoms with Gasteiger partial charge in [-0.3, -0.25) is 0 Å². The fourth-order valence-electron chi connectivity index (χ4n) is 3.12. The van der Waals surface area contributed by atoms with Crippen LogP contribution >= 0.6 is 0 Å². The first kappa shape index (κ1) is 20.5. The summed E-state index contributed by atoms with van der Waals surface area (Å²) in [5, 5.41) is 9.85. The van der Waals surface area contributed by atoms with Crippen LogP contribution in [-0.2, 0) is 6.61 Å². The third-order valence-electron chi connectivity index (χ3n) is 4.55. The maximum absolute atomic E-state index is 14.6. The van der Waals surface area contributed by atoms with Crippen LogP contribution in [0.15, 0.2) is 55.0 Å². The van der Waals surface area contributed by atoms with Gasteiger partial charge in [0.15, 0.2) is 11.6 Å². The number of fused-ring (bicyclic) bond motifs is 1. The number of anilines is 1. The number of allylic oxidation sites excluding steroid dienone is 1. The Morgan fingerprint density at radius 3 is 2.31 bits per heavy atom. The zero-order valence-electron chi connectivity index (χ0n) is 15.7. The Morgan fingerprint density at radius 1 is 1.07 bits per heavy atom. The van der Waals surface area contributed by atoms with Crippen LogP contribution in [0.1, 0.15) is 24.5 Å². The summed E-state index contributed by atoms with van der Waals surface area (Å²) < 4.78 is 60.6. The van der Waals surface area contributed by atoms with Crippen molar-refractivity contribution in [1.82, 2.24) is 0 Å². The van der Waals surface area contributed by atoms with Gasteiger partial charge in [-0.2, -0.15) is 0 Å². The normalized spacial score (nSPS) is 13.2. The Kier molecular flexibility index (Phi) is 5.68. The summed E-state index contributed by atoms with van der Waals surface area (Å²) in [4.78, 5) is 1.76. The summed E-state index contributed by atoms with van der Waals surface area (Å²) in [6.07, 6.45) is 2.40. The quantitative estimate of drug-likeness (QED) is 0.471. The molecular weight excluding hydrogens is 386 g/mol. The summed E-state index contributed by atoms with van der Waals surface area (Å²) in [6, 6.07) is 3.64. The van der Waals surface area contributed by atoms with Gasteiger partial charge in [0.1, 0.15) is 29.8 Å². The maximum atomic E-state index is 14.6. The molecule has 0 bridgehead atoms. The summed E-state index contributed by atoms with van der Waals surface area (Å²) in [5.74, 6) is -4.49. The number of ether oxygens (including phenoxy) is 1.